The lowest BCUT2D eigenvalue weighted by Crippen LogP contribution is -2.02. The number of thioether (sulfide) groups is 1. The molecule has 0 aliphatic heterocycles. The van der Waals surface area contributed by atoms with Crippen molar-refractivity contribution in [3.63, 3.8) is 0 Å². The molecule has 116 valence electrons. The van der Waals surface area contributed by atoms with E-state index in [1.807, 2.05) is 6.07 Å². The van der Waals surface area contributed by atoms with Crippen molar-refractivity contribution < 1.29 is 4.39 Å². The van der Waals surface area contributed by atoms with Crippen LogP contribution in [0.2, 0.25) is 0 Å². The van der Waals surface area contributed by atoms with E-state index in [1.165, 1.54) is 6.07 Å². The monoisotopic (exact) mass is 357 g/mol. The highest BCUT2D eigenvalue weighted by atomic mass is 35.5. The molecule has 0 spiro atoms. The molecule has 2 saturated carbocycles. The van der Waals surface area contributed by atoms with Crippen LogP contribution >= 0.6 is 35.0 Å². The molecule has 22 heavy (non-hydrogen) atoms. The van der Waals surface area contributed by atoms with Crippen LogP contribution in [0.5, 0.6) is 0 Å². The molecule has 2 fully saturated rings. The van der Waals surface area contributed by atoms with Crippen molar-refractivity contribution >= 4 is 35.0 Å². The molecule has 1 heterocycles. The fourth-order valence-corrected chi connectivity index (χ4v) is 4.42. The standard InChI is InChI=1S/C15H14Cl2FN3S/c16-15(17)7-9(15)8-22-14-20-19-13(21(14)10-5-6-10)11-3-1-2-4-12(11)18/h1-4,9-10H,5-8H2. The van der Waals surface area contributed by atoms with Crippen LogP contribution in [0, 0.1) is 11.7 Å². The summed E-state index contributed by atoms with van der Waals surface area (Å²) >= 11 is 13.7. The van der Waals surface area contributed by atoms with Gasteiger partial charge in [0.1, 0.15) is 10.2 Å². The van der Waals surface area contributed by atoms with E-state index < -0.39 is 4.33 Å². The van der Waals surface area contributed by atoms with Gasteiger partial charge in [0, 0.05) is 17.7 Å². The Morgan fingerprint density at radius 2 is 2.00 bits per heavy atom. The number of benzene rings is 1. The van der Waals surface area contributed by atoms with Gasteiger partial charge in [-0.25, -0.2) is 4.39 Å². The first-order valence-corrected chi connectivity index (χ1v) is 9.01. The van der Waals surface area contributed by atoms with Gasteiger partial charge < -0.3 is 0 Å². The molecule has 2 aliphatic rings. The van der Waals surface area contributed by atoms with Gasteiger partial charge in [-0.1, -0.05) is 23.9 Å². The molecule has 1 atom stereocenters. The number of halogens is 3. The van der Waals surface area contributed by atoms with Crippen molar-refractivity contribution in [3.05, 3.63) is 30.1 Å². The number of nitrogens with zero attached hydrogens (tertiary/aromatic N) is 3. The van der Waals surface area contributed by atoms with Crippen LogP contribution in [0.1, 0.15) is 25.3 Å². The Morgan fingerprint density at radius 1 is 1.27 bits per heavy atom. The Balaban J connectivity index is 1.62. The number of alkyl halides is 2. The van der Waals surface area contributed by atoms with E-state index >= 15 is 0 Å². The predicted octanol–water partition coefficient (Wildman–Crippen LogP) is 4.71. The van der Waals surface area contributed by atoms with E-state index in [4.69, 9.17) is 23.2 Å². The van der Waals surface area contributed by atoms with Crippen LogP contribution in [0.3, 0.4) is 0 Å². The maximum absolute atomic E-state index is 14.1. The van der Waals surface area contributed by atoms with Crippen LogP contribution in [-0.4, -0.2) is 24.9 Å². The maximum Gasteiger partial charge on any atom is 0.191 e. The first-order valence-electron chi connectivity index (χ1n) is 7.26. The minimum Gasteiger partial charge on any atom is -0.299 e. The van der Waals surface area contributed by atoms with Gasteiger partial charge in [0.25, 0.3) is 0 Å². The van der Waals surface area contributed by atoms with E-state index in [-0.39, 0.29) is 5.82 Å². The summed E-state index contributed by atoms with van der Waals surface area (Å²) in [5, 5.41) is 9.33. The fraction of sp³-hybridized carbons (Fsp3) is 0.467. The van der Waals surface area contributed by atoms with Gasteiger partial charge in [-0.2, -0.15) is 0 Å². The fourth-order valence-electron chi connectivity index (χ4n) is 2.49. The zero-order valence-corrected chi connectivity index (χ0v) is 14.0. The molecule has 4 rings (SSSR count). The molecule has 3 nitrogen and oxygen atoms in total. The van der Waals surface area contributed by atoms with Crippen molar-refractivity contribution in [2.75, 3.05) is 5.75 Å². The summed E-state index contributed by atoms with van der Waals surface area (Å²) < 4.78 is 15.5. The molecular weight excluding hydrogens is 344 g/mol. The largest absolute Gasteiger partial charge is 0.299 e. The minimum atomic E-state index is -0.578. The summed E-state index contributed by atoms with van der Waals surface area (Å²) in [7, 11) is 0. The Hall–Kier alpha value is -0.780. The second kappa shape index (κ2) is 5.39. The summed E-state index contributed by atoms with van der Waals surface area (Å²) in [5.74, 6) is 1.45. The van der Waals surface area contributed by atoms with Gasteiger partial charge in [-0.3, -0.25) is 4.57 Å². The zero-order valence-electron chi connectivity index (χ0n) is 11.7. The molecule has 0 N–H and O–H groups in total. The highest BCUT2D eigenvalue weighted by molar-refractivity contribution is 7.99. The topological polar surface area (TPSA) is 30.7 Å². The molecule has 7 heteroatoms. The molecule has 2 aliphatic carbocycles. The van der Waals surface area contributed by atoms with Gasteiger partial charge in [0.05, 0.1) is 5.56 Å². The summed E-state index contributed by atoms with van der Waals surface area (Å²) in [4.78, 5) is 0. The van der Waals surface area contributed by atoms with Crippen LogP contribution in [0.4, 0.5) is 4.39 Å². The lowest BCUT2D eigenvalue weighted by Gasteiger charge is -2.09. The first kappa shape index (κ1) is 14.8. The number of hydrogen-bond acceptors (Lipinski definition) is 3. The molecular formula is C15H14Cl2FN3S. The lowest BCUT2D eigenvalue weighted by atomic mass is 10.2. The van der Waals surface area contributed by atoms with Crippen molar-refractivity contribution in [1.29, 1.82) is 0 Å². The zero-order chi connectivity index (χ0) is 15.3. The quantitative estimate of drug-likeness (QED) is 0.573. The third-order valence-electron chi connectivity index (χ3n) is 4.06. The number of rotatable bonds is 5. The molecule has 1 unspecified atom stereocenters. The van der Waals surface area contributed by atoms with Crippen LogP contribution in [0.15, 0.2) is 29.4 Å². The highest BCUT2D eigenvalue weighted by Gasteiger charge is 2.51. The number of hydrogen-bond donors (Lipinski definition) is 0. The Morgan fingerprint density at radius 3 is 2.64 bits per heavy atom. The van der Waals surface area contributed by atoms with Gasteiger partial charge >= 0.3 is 0 Å². The van der Waals surface area contributed by atoms with Crippen molar-refractivity contribution in [2.24, 2.45) is 5.92 Å². The van der Waals surface area contributed by atoms with E-state index in [9.17, 15) is 4.39 Å². The normalized spacial score (nSPS) is 22.8. The van der Waals surface area contributed by atoms with Crippen molar-refractivity contribution in [2.45, 2.75) is 34.8 Å². The van der Waals surface area contributed by atoms with Crippen molar-refractivity contribution in [1.82, 2.24) is 14.8 Å². The van der Waals surface area contributed by atoms with Gasteiger partial charge in [0.15, 0.2) is 11.0 Å². The minimum absolute atomic E-state index is 0.268. The SMILES string of the molecule is Fc1ccccc1-c1nnc(SCC2CC2(Cl)Cl)n1C1CC1. The lowest BCUT2D eigenvalue weighted by molar-refractivity contribution is 0.622. The maximum atomic E-state index is 14.1. The Kier molecular flexibility index (Phi) is 3.62. The molecule has 0 saturated heterocycles. The molecule has 2 aromatic rings. The van der Waals surface area contributed by atoms with E-state index in [2.05, 4.69) is 14.8 Å². The van der Waals surface area contributed by atoms with Crippen LogP contribution in [0.25, 0.3) is 11.4 Å². The molecule has 1 aromatic carbocycles. The van der Waals surface area contributed by atoms with Crippen LogP contribution < -0.4 is 0 Å². The summed E-state index contributed by atoms with van der Waals surface area (Å²) in [6.07, 6.45) is 3.00. The smallest absolute Gasteiger partial charge is 0.191 e. The van der Waals surface area contributed by atoms with E-state index in [0.717, 1.165) is 30.2 Å². The Bertz CT molecular complexity index is 715. The molecule has 0 bridgehead atoms. The third-order valence-corrected chi connectivity index (χ3v) is 6.09. The van der Waals surface area contributed by atoms with E-state index in [0.29, 0.717) is 23.3 Å². The second-order valence-corrected chi connectivity index (χ2v) is 8.39. The summed E-state index contributed by atoms with van der Waals surface area (Å²) in [6, 6.07) is 7.07. The van der Waals surface area contributed by atoms with Crippen LogP contribution in [-0.2, 0) is 0 Å². The average molecular weight is 358 g/mol. The average Bonchev–Trinajstić information content (AvgIpc) is 3.38. The Labute approximate surface area is 142 Å². The van der Waals surface area contributed by atoms with Gasteiger partial charge in [-0.15, -0.1) is 33.4 Å². The highest BCUT2D eigenvalue weighted by Crippen LogP contribution is 2.55. The van der Waals surface area contributed by atoms with E-state index in [1.54, 1.807) is 23.9 Å². The predicted molar refractivity (Wildman–Crippen MR) is 87.0 cm³/mol. The first-order chi connectivity index (χ1) is 10.6. The summed E-state index contributed by atoms with van der Waals surface area (Å²) in [5.41, 5.74) is 0.504. The van der Waals surface area contributed by atoms with Crippen molar-refractivity contribution in [3.8, 4) is 11.4 Å². The molecule has 0 amide bonds. The third kappa shape index (κ3) is 2.74. The summed E-state index contributed by atoms with van der Waals surface area (Å²) in [6.45, 7) is 0. The molecule has 1 aromatic heterocycles. The number of aromatic nitrogens is 3. The van der Waals surface area contributed by atoms with Gasteiger partial charge in [0.2, 0.25) is 0 Å². The molecule has 0 radical (unpaired) electrons. The second-order valence-electron chi connectivity index (χ2n) is 5.86. The van der Waals surface area contributed by atoms with Gasteiger partial charge in [-0.05, 0) is 31.4 Å².